The van der Waals surface area contributed by atoms with Crippen LogP contribution in [-0.4, -0.2) is 11.2 Å². The maximum atomic E-state index is 13.9. The summed E-state index contributed by atoms with van der Waals surface area (Å²) in [6.45, 7) is 1.48. The summed E-state index contributed by atoms with van der Waals surface area (Å²) in [6.07, 6.45) is -1.94. The van der Waals surface area contributed by atoms with Crippen molar-refractivity contribution in [2.24, 2.45) is 0 Å². The van der Waals surface area contributed by atoms with Gasteiger partial charge in [0.25, 0.3) is 0 Å². The number of nitrogens with zero attached hydrogens (tertiary/aromatic N) is 1. The lowest BCUT2D eigenvalue weighted by Crippen LogP contribution is -2.48. The summed E-state index contributed by atoms with van der Waals surface area (Å²) >= 11 is 6.07. The molecule has 21 heavy (non-hydrogen) atoms. The van der Waals surface area contributed by atoms with Gasteiger partial charge in [-0.1, -0.05) is 24.6 Å². The van der Waals surface area contributed by atoms with Crippen LogP contribution < -0.4 is 4.74 Å². The van der Waals surface area contributed by atoms with Crippen LogP contribution in [0.2, 0.25) is 5.02 Å². The van der Waals surface area contributed by atoms with E-state index in [0.717, 1.165) is 0 Å². The van der Waals surface area contributed by atoms with E-state index < -0.39 is 17.7 Å². The van der Waals surface area contributed by atoms with Crippen LogP contribution in [0.15, 0.2) is 42.7 Å². The summed E-state index contributed by atoms with van der Waals surface area (Å²) in [4.78, 5) is 3.77. The van der Waals surface area contributed by atoms with Crippen molar-refractivity contribution in [3.8, 4) is 5.75 Å². The molecule has 1 aliphatic heterocycles. The van der Waals surface area contributed by atoms with Crippen molar-refractivity contribution < 1.29 is 17.9 Å². The maximum Gasteiger partial charge on any atom is 0.433 e. The van der Waals surface area contributed by atoms with Crippen molar-refractivity contribution in [1.82, 2.24) is 4.98 Å². The van der Waals surface area contributed by atoms with Gasteiger partial charge in [0.1, 0.15) is 5.75 Å². The van der Waals surface area contributed by atoms with Gasteiger partial charge < -0.3 is 4.74 Å². The van der Waals surface area contributed by atoms with Gasteiger partial charge in [0.2, 0.25) is 5.60 Å². The molecular formula is C15H11ClF3NO. The first kappa shape index (κ1) is 14.2. The van der Waals surface area contributed by atoms with Gasteiger partial charge in [0.05, 0.1) is 0 Å². The molecule has 2 unspecified atom stereocenters. The number of aromatic nitrogens is 1. The topological polar surface area (TPSA) is 22.1 Å². The third kappa shape index (κ3) is 1.91. The number of pyridine rings is 1. The standard InChI is InChI=1S/C15H11ClF3NO/c1-9-13-11(16)3-2-4-12(13)21-14(9,15(17,18)19)10-5-7-20-8-6-10/h2-9H,1H3. The molecule has 0 spiro atoms. The second-order valence-electron chi connectivity index (χ2n) is 4.94. The minimum atomic E-state index is -4.59. The zero-order valence-corrected chi connectivity index (χ0v) is 11.7. The number of fused-ring (bicyclic) bond motifs is 1. The minimum absolute atomic E-state index is 0.0183. The van der Waals surface area contributed by atoms with Crippen molar-refractivity contribution in [2.75, 3.05) is 0 Å². The first-order chi connectivity index (χ1) is 9.88. The molecule has 1 aliphatic rings. The Morgan fingerprint density at radius 1 is 1.19 bits per heavy atom. The van der Waals surface area contributed by atoms with E-state index >= 15 is 0 Å². The average molecular weight is 314 g/mol. The molecule has 1 aromatic carbocycles. The molecule has 0 aliphatic carbocycles. The van der Waals surface area contributed by atoms with E-state index in [4.69, 9.17) is 16.3 Å². The van der Waals surface area contributed by atoms with Crippen LogP contribution in [0.25, 0.3) is 0 Å². The summed E-state index contributed by atoms with van der Waals surface area (Å²) in [5.74, 6) is -0.785. The van der Waals surface area contributed by atoms with E-state index in [1.807, 2.05) is 0 Å². The number of alkyl halides is 3. The Morgan fingerprint density at radius 2 is 1.86 bits per heavy atom. The Balaban J connectivity index is 2.25. The van der Waals surface area contributed by atoms with Gasteiger partial charge in [-0.3, -0.25) is 4.98 Å². The third-order valence-electron chi connectivity index (χ3n) is 3.86. The predicted molar refractivity (Wildman–Crippen MR) is 72.5 cm³/mol. The Hall–Kier alpha value is -1.75. The van der Waals surface area contributed by atoms with Crippen molar-refractivity contribution in [3.63, 3.8) is 0 Å². The van der Waals surface area contributed by atoms with Gasteiger partial charge >= 0.3 is 6.18 Å². The smallest absolute Gasteiger partial charge is 0.433 e. The van der Waals surface area contributed by atoms with Crippen molar-refractivity contribution in [2.45, 2.75) is 24.6 Å². The lowest BCUT2D eigenvalue weighted by atomic mass is 9.80. The molecule has 0 fully saturated rings. The lowest BCUT2D eigenvalue weighted by Gasteiger charge is -2.35. The van der Waals surface area contributed by atoms with Gasteiger partial charge in [-0.25, -0.2) is 0 Å². The second-order valence-corrected chi connectivity index (χ2v) is 5.35. The minimum Gasteiger partial charge on any atom is -0.472 e. The molecule has 2 nitrogen and oxygen atoms in total. The molecule has 6 heteroatoms. The number of rotatable bonds is 1. The highest BCUT2D eigenvalue weighted by Gasteiger charge is 2.65. The van der Waals surface area contributed by atoms with Gasteiger partial charge in [-0.2, -0.15) is 13.2 Å². The normalized spacial score (nSPS) is 24.5. The summed E-state index contributed by atoms with van der Waals surface area (Å²) in [5.41, 5.74) is -2.04. The first-order valence-electron chi connectivity index (χ1n) is 6.32. The van der Waals surface area contributed by atoms with Crippen LogP contribution >= 0.6 is 11.6 Å². The third-order valence-corrected chi connectivity index (χ3v) is 4.19. The van der Waals surface area contributed by atoms with E-state index in [1.165, 1.54) is 37.5 Å². The Labute approximate surface area is 124 Å². The number of ether oxygens (including phenoxy) is 1. The Bertz CT molecular complexity index is 674. The van der Waals surface area contributed by atoms with Crippen LogP contribution in [-0.2, 0) is 5.60 Å². The molecule has 0 N–H and O–H groups in total. The molecule has 3 rings (SSSR count). The Kier molecular flexibility index (Phi) is 3.13. The van der Waals surface area contributed by atoms with Crippen LogP contribution in [0, 0.1) is 0 Å². The molecule has 0 saturated carbocycles. The highest BCUT2D eigenvalue weighted by atomic mass is 35.5. The molecule has 2 atom stereocenters. The zero-order valence-electron chi connectivity index (χ0n) is 11.0. The lowest BCUT2D eigenvalue weighted by molar-refractivity contribution is -0.255. The highest BCUT2D eigenvalue weighted by Crippen LogP contribution is 2.58. The quantitative estimate of drug-likeness (QED) is 0.762. The Morgan fingerprint density at radius 3 is 2.43 bits per heavy atom. The van der Waals surface area contributed by atoms with Gasteiger partial charge in [0.15, 0.2) is 0 Å². The number of hydrogen-bond donors (Lipinski definition) is 0. The largest absolute Gasteiger partial charge is 0.472 e. The van der Waals surface area contributed by atoms with Crippen LogP contribution in [0.5, 0.6) is 5.75 Å². The SMILES string of the molecule is CC1c2c(Cl)cccc2OC1(c1ccncc1)C(F)(F)F. The maximum absolute atomic E-state index is 13.9. The van der Waals surface area contributed by atoms with Crippen LogP contribution in [0.3, 0.4) is 0 Å². The second kappa shape index (κ2) is 4.63. The molecular weight excluding hydrogens is 303 g/mol. The van der Waals surface area contributed by atoms with Crippen LogP contribution in [0.4, 0.5) is 13.2 Å². The fourth-order valence-corrected chi connectivity index (χ4v) is 3.20. The van der Waals surface area contributed by atoms with Gasteiger partial charge in [-0.15, -0.1) is 0 Å². The van der Waals surface area contributed by atoms with E-state index in [9.17, 15) is 13.2 Å². The van der Waals surface area contributed by atoms with Crippen LogP contribution in [0.1, 0.15) is 24.0 Å². The monoisotopic (exact) mass is 313 g/mol. The van der Waals surface area contributed by atoms with E-state index in [1.54, 1.807) is 12.1 Å². The van der Waals surface area contributed by atoms with Gasteiger partial charge in [0, 0.05) is 34.5 Å². The summed E-state index contributed by atoms with van der Waals surface area (Å²) < 4.78 is 47.0. The summed E-state index contributed by atoms with van der Waals surface area (Å²) in [7, 11) is 0. The summed E-state index contributed by atoms with van der Waals surface area (Å²) in [5, 5.41) is 0.278. The van der Waals surface area contributed by atoms with Crippen molar-refractivity contribution in [1.29, 1.82) is 0 Å². The predicted octanol–water partition coefficient (Wildman–Crippen LogP) is 4.69. The zero-order chi connectivity index (χ0) is 15.3. The van der Waals surface area contributed by atoms with E-state index in [2.05, 4.69) is 4.98 Å². The number of benzene rings is 1. The molecule has 2 heterocycles. The molecule has 0 saturated heterocycles. The first-order valence-corrected chi connectivity index (χ1v) is 6.70. The molecule has 2 aromatic rings. The average Bonchev–Trinajstić information content (AvgIpc) is 2.75. The number of halogens is 4. The highest BCUT2D eigenvalue weighted by molar-refractivity contribution is 6.31. The van der Waals surface area contributed by atoms with Crippen molar-refractivity contribution in [3.05, 3.63) is 58.9 Å². The molecule has 0 radical (unpaired) electrons. The fourth-order valence-electron chi connectivity index (χ4n) is 2.87. The number of hydrogen-bond acceptors (Lipinski definition) is 2. The van der Waals surface area contributed by atoms with E-state index in [-0.39, 0.29) is 16.3 Å². The molecule has 0 amide bonds. The molecule has 0 bridgehead atoms. The van der Waals surface area contributed by atoms with Gasteiger partial charge in [-0.05, 0) is 24.3 Å². The molecule has 1 aromatic heterocycles. The van der Waals surface area contributed by atoms with E-state index in [0.29, 0.717) is 5.56 Å². The molecule has 110 valence electrons. The summed E-state index contributed by atoms with van der Waals surface area (Å²) in [6, 6.07) is 7.30. The van der Waals surface area contributed by atoms with Crippen molar-refractivity contribution >= 4 is 11.6 Å². The fraction of sp³-hybridized carbons (Fsp3) is 0.267.